The van der Waals surface area contributed by atoms with Crippen LogP contribution in [0.25, 0.3) is 0 Å². The molecule has 0 bridgehead atoms. The number of nitrogens with one attached hydrogen (secondary N) is 1. The van der Waals surface area contributed by atoms with Crippen LogP contribution >= 0.6 is 0 Å². The molecular weight excluding hydrogens is 238 g/mol. The number of benzene rings is 1. The van der Waals surface area contributed by atoms with Crippen molar-refractivity contribution >= 4 is 5.97 Å². The predicted octanol–water partition coefficient (Wildman–Crippen LogP) is 2.41. The second kappa shape index (κ2) is 7.29. The lowest BCUT2D eigenvalue weighted by Crippen LogP contribution is -2.40. The third-order valence-electron chi connectivity index (χ3n) is 3.75. The summed E-state index contributed by atoms with van der Waals surface area (Å²) in [6, 6.07) is 10.5. The molecule has 19 heavy (non-hydrogen) atoms. The van der Waals surface area contributed by atoms with Gasteiger partial charge in [0.2, 0.25) is 0 Å². The summed E-state index contributed by atoms with van der Waals surface area (Å²) in [5.41, 5.74) is 1.38. The van der Waals surface area contributed by atoms with Crippen molar-refractivity contribution in [2.75, 3.05) is 19.7 Å². The average molecular weight is 261 g/mol. The zero-order chi connectivity index (χ0) is 13.5. The van der Waals surface area contributed by atoms with Gasteiger partial charge in [0.25, 0.3) is 0 Å². The SMILES string of the molecule is CCOC(=O)C1CNCC(CCc2ccccc2)C1. The molecular formula is C16H23NO2. The number of rotatable bonds is 5. The van der Waals surface area contributed by atoms with Crippen LogP contribution < -0.4 is 5.32 Å². The van der Waals surface area contributed by atoms with Crippen molar-refractivity contribution in [3.63, 3.8) is 0 Å². The lowest BCUT2D eigenvalue weighted by molar-refractivity contribution is -0.149. The Morgan fingerprint density at radius 1 is 1.32 bits per heavy atom. The van der Waals surface area contributed by atoms with Crippen LogP contribution in [0.15, 0.2) is 30.3 Å². The van der Waals surface area contributed by atoms with Gasteiger partial charge in [0.15, 0.2) is 0 Å². The van der Waals surface area contributed by atoms with Crippen LogP contribution in [0.3, 0.4) is 0 Å². The molecule has 1 heterocycles. The molecule has 2 unspecified atom stereocenters. The van der Waals surface area contributed by atoms with E-state index in [2.05, 4.69) is 29.6 Å². The van der Waals surface area contributed by atoms with Gasteiger partial charge in [0, 0.05) is 6.54 Å². The van der Waals surface area contributed by atoms with E-state index in [-0.39, 0.29) is 11.9 Å². The summed E-state index contributed by atoms with van der Waals surface area (Å²) in [6.45, 7) is 4.12. The van der Waals surface area contributed by atoms with E-state index in [0.29, 0.717) is 12.5 Å². The summed E-state index contributed by atoms with van der Waals surface area (Å²) < 4.78 is 5.11. The molecule has 1 aliphatic rings. The lowest BCUT2D eigenvalue weighted by atomic mass is 9.86. The second-order valence-electron chi connectivity index (χ2n) is 5.23. The Morgan fingerprint density at radius 2 is 2.11 bits per heavy atom. The Kier molecular flexibility index (Phi) is 5.40. The van der Waals surface area contributed by atoms with Gasteiger partial charge >= 0.3 is 5.97 Å². The van der Waals surface area contributed by atoms with Gasteiger partial charge in [-0.25, -0.2) is 0 Å². The molecule has 0 amide bonds. The molecule has 0 aromatic heterocycles. The Labute approximate surface area is 115 Å². The van der Waals surface area contributed by atoms with Crippen LogP contribution in [-0.2, 0) is 16.0 Å². The molecule has 3 heteroatoms. The van der Waals surface area contributed by atoms with E-state index in [1.54, 1.807) is 0 Å². The van der Waals surface area contributed by atoms with Crippen molar-refractivity contribution in [2.24, 2.45) is 11.8 Å². The number of carbonyl (C=O) groups is 1. The van der Waals surface area contributed by atoms with Crippen LogP contribution in [0.1, 0.15) is 25.3 Å². The number of carbonyl (C=O) groups excluding carboxylic acids is 1. The average Bonchev–Trinajstić information content (AvgIpc) is 2.47. The van der Waals surface area contributed by atoms with Crippen LogP contribution in [0.4, 0.5) is 0 Å². The van der Waals surface area contributed by atoms with Gasteiger partial charge in [0.05, 0.1) is 12.5 Å². The van der Waals surface area contributed by atoms with E-state index in [0.717, 1.165) is 32.4 Å². The monoisotopic (exact) mass is 261 g/mol. The van der Waals surface area contributed by atoms with E-state index in [1.165, 1.54) is 5.56 Å². The molecule has 1 N–H and O–H groups in total. The minimum absolute atomic E-state index is 0.0365. The fraction of sp³-hybridized carbons (Fsp3) is 0.562. The van der Waals surface area contributed by atoms with Crippen LogP contribution in [0, 0.1) is 11.8 Å². The van der Waals surface area contributed by atoms with E-state index in [9.17, 15) is 4.79 Å². The highest BCUT2D eigenvalue weighted by Gasteiger charge is 2.27. The van der Waals surface area contributed by atoms with E-state index >= 15 is 0 Å². The Morgan fingerprint density at radius 3 is 2.84 bits per heavy atom. The molecule has 0 radical (unpaired) electrons. The van der Waals surface area contributed by atoms with Crippen LogP contribution in [-0.4, -0.2) is 25.7 Å². The minimum Gasteiger partial charge on any atom is -0.466 e. The molecule has 1 aromatic carbocycles. The summed E-state index contributed by atoms with van der Waals surface area (Å²) >= 11 is 0. The van der Waals surface area contributed by atoms with Crippen molar-refractivity contribution < 1.29 is 9.53 Å². The highest BCUT2D eigenvalue weighted by Crippen LogP contribution is 2.22. The third-order valence-corrected chi connectivity index (χ3v) is 3.75. The highest BCUT2D eigenvalue weighted by atomic mass is 16.5. The first-order valence-corrected chi connectivity index (χ1v) is 7.21. The largest absolute Gasteiger partial charge is 0.466 e. The molecule has 2 rings (SSSR count). The lowest BCUT2D eigenvalue weighted by Gasteiger charge is -2.28. The fourth-order valence-corrected chi connectivity index (χ4v) is 2.71. The van der Waals surface area contributed by atoms with E-state index < -0.39 is 0 Å². The molecule has 104 valence electrons. The van der Waals surface area contributed by atoms with Gasteiger partial charge in [-0.15, -0.1) is 0 Å². The zero-order valence-corrected chi connectivity index (χ0v) is 11.6. The van der Waals surface area contributed by atoms with Crippen LogP contribution in [0.5, 0.6) is 0 Å². The summed E-state index contributed by atoms with van der Waals surface area (Å²) in [4.78, 5) is 11.8. The smallest absolute Gasteiger partial charge is 0.310 e. The van der Waals surface area contributed by atoms with Crippen molar-refractivity contribution in [1.82, 2.24) is 5.32 Å². The molecule has 1 fully saturated rings. The number of piperidine rings is 1. The van der Waals surface area contributed by atoms with Gasteiger partial charge in [-0.3, -0.25) is 4.79 Å². The quantitative estimate of drug-likeness (QED) is 0.827. The minimum atomic E-state index is -0.0422. The summed E-state index contributed by atoms with van der Waals surface area (Å²) in [6.07, 6.45) is 3.17. The Bertz CT molecular complexity index is 391. The zero-order valence-electron chi connectivity index (χ0n) is 11.6. The van der Waals surface area contributed by atoms with E-state index in [1.807, 2.05) is 13.0 Å². The Balaban J connectivity index is 1.79. The van der Waals surface area contributed by atoms with Gasteiger partial charge in [-0.2, -0.15) is 0 Å². The molecule has 0 saturated carbocycles. The maximum absolute atomic E-state index is 11.8. The van der Waals surface area contributed by atoms with Gasteiger partial charge in [-0.05, 0) is 44.2 Å². The summed E-state index contributed by atoms with van der Waals surface area (Å²) in [7, 11) is 0. The Hall–Kier alpha value is -1.35. The molecule has 1 aromatic rings. The molecule has 1 aliphatic heterocycles. The maximum Gasteiger partial charge on any atom is 0.310 e. The summed E-state index contributed by atoms with van der Waals surface area (Å²) in [5, 5.41) is 3.36. The van der Waals surface area contributed by atoms with Crippen molar-refractivity contribution in [2.45, 2.75) is 26.2 Å². The van der Waals surface area contributed by atoms with Crippen LogP contribution in [0.2, 0.25) is 0 Å². The molecule has 2 atom stereocenters. The normalized spacial score (nSPS) is 23.0. The third kappa shape index (κ3) is 4.35. The highest BCUT2D eigenvalue weighted by molar-refractivity contribution is 5.72. The maximum atomic E-state index is 11.8. The number of hydrogen-bond donors (Lipinski definition) is 1. The van der Waals surface area contributed by atoms with Gasteiger partial charge < -0.3 is 10.1 Å². The topological polar surface area (TPSA) is 38.3 Å². The number of hydrogen-bond acceptors (Lipinski definition) is 3. The number of aryl methyl sites for hydroxylation is 1. The fourth-order valence-electron chi connectivity index (χ4n) is 2.71. The van der Waals surface area contributed by atoms with Crippen molar-refractivity contribution in [1.29, 1.82) is 0 Å². The molecule has 0 aliphatic carbocycles. The molecule has 1 saturated heterocycles. The van der Waals surface area contributed by atoms with Crippen molar-refractivity contribution in [3.8, 4) is 0 Å². The first-order valence-electron chi connectivity index (χ1n) is 7.21. The van der Waals surface area contributed by atoms with E-state index in [4.69, 9.17) is 4.74 Å². The van der Waals surface area contributed by atoms with Gasteiger partial charge in [-0.1, -0.05) is 30.3 Å². The standard InChI is InChI=1S/C16H23NO2/c1-2-19-16(18)15-10-14(11-17-12-15)9-8-13-6-4-3-5-7-13/h3-7,14-15,17H,2,8-12H2,1H3. The predicted molar refractivity (Wildman–Crippen MR) is 75.9 cm³/mol. The molecule has 3 nitrogen and oxygen atoms in total. The number of esters is 1. The first kappa shape index (κ1) is 14.1. The second-order valence-corrected chi connectivity index (χ2v) is 5.23. The van der Waals surface area contributed by atoms with Crippen molar-refractivity contribution in [3.05, 3.63) is 35.9 Å². The summed E-state index contributed by atoms with van der Waals surface area (Å²) in [5.74, 6) is 0.567. The first-order chi connectivity index (χ1) is 9.29. The molecule has 0 spiro atoms. The number of ether oxygens (including phenoxy) is 1. The van der Waals surface area contributed by atoms with Gasteiger partial charge in [0.1, 0.15) is 0 Å².